The van der Waals surface area contributed by atoms with Crippen LogP contribution in [0.2, 0.25) is 0 Å². The Morgan fingerprint density at radius 3 is 2.53 bits per heavy atom. The molecular weight excluding hydrogens is 222 g/mol. The Balaban J connectivity index is 3.47. The first-order chi connectivity index (χ1) is 8.06. The Hall–Kier alpha value is -1.14. The molecule has 0 aliphatic heterocycles. The van der Waals surface area contributed by atoms with Crippen molar-refractivity contribution >= 4 is 11.9 Å². The van der Waals surface area contributed by atoms with Crippen molar-refractivity contribution < 1.29 is 14.7 Å². The number of carboxylic acid groups (broad SMARTS) is 1. The van der Waals surface area contributed by atoms with Gasteiger partial charge in [0.05, 0.1) is 6.54 Å². The van der Waals surface area contributed by atoms with E-state index in [1.807, 2.05) is 19.0 Å². The first-order valence-corrected chi connectivity index (χ1v) is 5.88. The number of carbonyl (C=O) groups excluding carboxylic acids is 1. The molecule has 0 aromatic rings. The topological polar surface area (TPSA) is 81.7 Å². The molecule has 6 heteroatoms. The van der Waals surface area contributed by atoms with E-state index >= 15 is 0 Å². The van der Waals surface area contributed by atoms with Gasteiger partial charge in [-0.15, -0.1) is 0 Å². The number of hydrogen-bond donors (Lipinski definition) is 3. The van der Waals surface area contributed by atoms with Gasteiger partial charge < -0.3 is 15.7 Å². The largest absolute Gasteiger partial charge is 0.481 e. The molecule has 0 radical (unpaired) electrons. The van der Waals surface area contributed by atoms with Crippen LogP contribution in [-0.4, -0.2) is 62.2 Å². The third-order valence-electron chi connectivity index (χ3n) is 2.27. The molecule has 0 bridgehead atoms. The average Bonchev–Trinajstić information content (AvgIpc) is 2.24. The fourth-order valence-electron chi connectivity index (χ4n) is 1.37. The summed E-state index contributed by atoms with van der Waals surface area (Å²) in [5, 5.41) is 14.2. The highest BCUT2D eigenvalue weighted by atomic mass is 16.4. The van der Waals surface area contributed by atoms with Crippen LogP contribution in [0, 0.1) is 0 Å². The van der Waals surface area contributed by atoms with Gasteiger partial charge in [0.25, 0.3) is 0 Å². The lowest BCUT2D eigenvalue weighted by Crippen LogP contribution is -2.36. The number of carbonyl (C=O) groups is 2. The Bertz CT molecular complexity index is 234. The van der Waals surface area contributed by atoms with E-state index in [-0.39, 0.29) is 12.3 Å². The second kappa shape index (κ2) is 10.0. The zero-order chi connectivity index (χ0) is 13.1. The molecule has 0 atom stereocenters. The molecule has 6 nitrogen and oxygen atoms in total. The Kier molecular flexibility index (Phi) is 9.37. The van der Waals surface area contributed by atoms with Gasteiger partial charge in [0.2, 0.25) is 5.91 Å². The van der Waals surface area contributed by atoms with Crippen LogP contribution in [0.3, 0.4) is 0 Å². The molecule has 0 aliphatic rings. The molecule has 0 saturated heterocycles. The van der Waals surface area contributed by atoms with Crippen molar-refractivity contribution in [3.63, 3.8) is 0 Å². The Morgan fingerprint density at radius 1 is 1.24 bits per heavy atom. The van der Waals surface area contributed by atoms with Crippen LogP contribution >= 0.6 is 0 Å². The number of carboxylic acids is 1. The van der Waals surface area contributed by atoms with Crippen LogP contribution in [0.15, 0.2) is 0 Å². The maximum Gasteiger partial charge on any atom is 0.303 e. The third-order valence-corrected chi connectivity index (χ3v) is 2.27. The molecule has 0 fully saturated rings. The predicted octanol–water partition coefficient (Wildman–Crippen LogP) is -0.491. The predicted molar refractivity (Wildman–Crippen MR) is 65.9 cm³/mol. The summed E-state index contributed by atoms with van der Waals surface area (Å²) >= 11 is 0. The molecule has 17 heavy (non-hydrogen) atoms. The van der Waals surface area contributed by atoms with Crippen LogP contribution in [0.25, 0.3) is 0 Å². The number of likely N-dealkylation sites (N-methyl/N-ethyl adjacent to an activating group) is 1. The molecule has 0 aliphatic carbocycles. The van der Waals surface area contributed by atoms with E-state index in [0.29, 0.717) is 19.5 Å². The first kappa shape index (κ1) is 15.9. The molecule has 0 saturated carbocycles. The van der Waals surface area contributed by atoms with Gasteiger partial charge in [-0.25, -0.2) is 0 Å². The molecule has 0 spiro atoms. The van der Waals surface area contributed by atoms with Crippen LogP contribution in [0.1, 0.15) is 19.3 Å². The number of aliphatic carboxylic acids is 1. The van der Waals surface area contributed by atoms with Gasteiger partial charge >= 0.3 is 5.97 Å². The molecule has 0 aromatic heterocycles. The minimum atomic E-state index is -0.830. The second-order valence-corrected chi connectivity index (χ2v) is 4.04. The minimum Gasteiger partial charge on any atom is -0.481 e. The summed E-state index contributed by atoms with van der Waals surface area (Å²) in [4.78, 5) is 23.6. The third kappa shape index (κ3) is 11.1. The van der Waals surface area contributed by atoms with Gasteiger partial charge in [0.1, 0.15) is 0 Å². The van der Waals surface area contributed by atoms with Crippen molar-refractivity contribution in [2.75, 3.05) is 40.3 Å². The number of rotatable bonds is 10. The van der Waals surface area contributed by atoms with Crippen molar-refractivity contribution in [2.45, 2.75) is 19.3 Å². The summed E-state index contributed by atoms with van der Waals surface area (Å²) in [6, 6.07) is 0. The fraction of sp³-hybridized carbons (Fsp3) is 0.818. The monoisotopic (exact) mass is 245 g/mol. The highest BCUT2D eigenvalue weighted by Gasteiger charge is 2.05. The van der Waals surface area contributed by atoms with Gasteiger partial charge in [-0.1, -0.05) is 0 Å². The smallest absolute Gasteiger partial charge is 0.303 e. The SMILES string of the molecule is CNCCCN(C)CC(=O)NCCCC(=O)O. The molecule has 0 heterocycles. The molecule has 3 N–H and O–H groups in total. The van der Waals surface area contributed by atoms with Crippen molar-refractivity contribution in [1.29, 1.82) is 0 Å². The standard InChI is InChI=1S/C11H23N3O3/c1-12-6-4-8-14(2)9-10(15)13-7-3-5-11(16)17/h12H,3-9H2,1-2H3,(H,13,15)(H,16,17). The molecule has 0 rings (SSSR count). The molecule has 0 aromatic carbocycles. The fourth-order valence-corrected chi connectivity index (χ4v) is 1.37. The van der Waals surface area contributed by atoms with E-state index in [1.165, 1.54) is 0 Å². The van der Waals surface area contributed by atoms with Crippen molar-refractivity contribution in [3.05, 3.63) is 0 Å². The summed E-state index contributed by atoms with van der Waals surface area (Å²) in [6.07, 6.45) is 1.57. The molecule has 0 unspecified atom stereocenters. The van der Waals surface area contributed by atoms with E-state index in [4.69, 9.17) is 5.11 Å². The summed E-state index contributed by atoms with van der Waals surface area (Å²) in [7, 11) is 3.79. The normalized spacial score (nSPS) is 10.5. The number of nitrogens with zero attached hydrogens (tertiary/aromatic N) is 1. The zero-order valence-electron chi connectivity index (χ0n) is 10.7. The summed E-state index contributed by atoms with van der Waals surface area (Å²) in [5.41, 5.74) is 0. The summed E-state index contributed by atoms with van der Waals surface area (Å²) in [5.74, 6) is -0.884. The molecular formula is C11H23N3O3. The van der Waals surface area contributed by atoms with E-state index < -0.39 is 5.97 Å². The van der Waals surface area contributed by atoms with Gasteiger partial charge in [-0.3, -0.25) is 14.5 Å². The first-order valence-electron chi connectivity index (χ1n) is 5.88. The summed E-state index contributed by atoms with van der Waals surface area (Å²) in [6.45, 7) is 2.58. The van der Waals surface area contributed by atoms with E-state index in [2.05, 4.69) is 10.6 Å². The van der Waals surface area contributed by atoms with Crippen molar-refractivity contribution in [3.8, 4) is 0 Å². The lowest BCUT2D eigenvalue weighted by molar-refractivity contribution is -0.137. The van der Waals surface area contributed by atoms with Crippen LogP contribution in [0.4, 0.5) is 0 Å². The Morgan fingerprint density at radius 2 is 1.94 bits per heavy atom. The average molecular weight is 245 g/mol. The number of hydrogen-bond acceptors (Lipinski definition) is 4. The minimum absolute atomic E-state index is 0.0534. The highest BCUT2D eigenvalue weighted by molar-refractivity contribution is 5.78. The maximum absolute atomic E-state index is 11.4. The van der Waals surface area contributed by atoms with Crippen LogP contribution in [0.5, 0.6) is 0 Å². The Labute approximate surface area is 102 Å². The van der Waals surface area contributed by atoms with Gasteiger partial charge in [0.15, 0.2) is 0 Å². The second-order valence-electron chi connectivity index (χ2n) is 4.04. The van der Waals surface area contributed by atoms with Gasteiger partial charge in [-0.2, -0.15) is 0 Å². The molecule has 1 amide bonds. The van der Waals surface area contributed by atoms with Crippen LogP contribution in [-0.2, 0) is 9.59 Å². The lowest BCUT2D eigenvalue weighted by atomic mass is 10.3. The lowest BCUT2D eigenvalue weighted by Gasteiger charge is -2.15. The van der Waals surface area contributed by atoms with Gasteiger partial charge in [0, 0.05) is 13.0 Å². The quantitative estimate of drug-likeness (QED) is 0.452. The van der Waals surface area contributed by atoms with E-state index in [9.17, 15) is 9.59 Å². The van der Waals surface area contributed by atoms with E-state index in [0.717, 1.165) is 19.5 Å². The maximum atomic E-state index is 11.4. The highest BCUT2D eigenvalue weighted by Crippen LogP contribution is 1.88. The summed E-state index contributed by atoms with van der Waals surface area (Å²) < 4.78 is 0. The number of nitrogens with one attached hydrogen (secondary N) is 2. The van der Waals surface area contributed by atoms with Crippen LogP contribution < -0.4 is 10.6 Å². The number of amides is 1. The van der Waals surface area contributed by atoms with Crippen molar-refractivity contribution in [1.82, 2.24) is 15.5 Å². The van der Waals surface area contributed by atoms with Gasteiger partial charge in [-0.05, 0) is 40.0 Å². The van der Waals surface area contributed by atoms with E-state index in [1.54, 1.807) is 0 Å². The zero-order valence-corrected chi connectivity index (χ0v) is 10.7. The molecule has 100 valence electrons. The van der Waals surface area contributed by atoms with Crippen molar-refractivity contribution in [2.24, 2.45) is 0 Å².